The molecule has 1 aromatic heterocycles. The summed E-state index contributed by atoms with van der Waals surface area (Å²) in [6, 6.07) is 17.7. The molecule has 0 saturated carbocycles. The molecule has 0 saturated heterocycles. The third kappa shape index (κ3) is 5.37. The van der Waals surface area contributed by atoms with Gasteiger partial charge >= 0.3 is 0 Å². The molecule has 3 aromatic rings. The van der Waals surface area contributed by atoms with Crippen LogP contribution < -0.4 is 10.6 Å². The number of nitrogens with one attached hydrogen (secondary N) is 2. The second kappa shape index (κ2) is 9.10. The van der Waals surface area contributed by atoms with E-state index >= 15 is 0 Å². The number of ketones is 1. The van der Waals surface area contributed by atoms with Gasteiger partial charge in [0.05, 0.1) is 0 Å². The Kier molecular flexibility index (Phi) is 6.34. The van der Waals surface area contributed by atoms with E-state index in [0.717, 1.165) is 12.0 Å². The second-order valence-corrected chi connectivity index (χ2v) is 6.63. The fourth-order valence-electron chi connectivity index (χ4n) is 2.56. The lowest BCUT2D eigenvalue weighted by molar-refractivity contribution is 0.101. The molecule has 0 fully saturated rings. The van der Waals surface area contributed by atoms with Crippen LogP contribution in [0, 0.1) is 0 Å². The van der Waals surface area contributed by atoms with Crippen LogP contribution in [0.5, 0.6) is 0 Å². The number of nitrogens with zero attached hydrogens (tertiary/aromatic N) is 2. The van der Waals surface area contributed by atoms with Crippen molar-refractivity contribution in [3.05, 3.63) is 82.5 Å². The van der Waals surface area contributed by atoms with Crippen LogP contribution in [0.3, 0.4) is 0 Å². The van der Waals surface area contributed by atoms with Gasteiger partial charge in [0.2, 0.25) is 0 Å². The molecule has 2 N–H and O–H groups in total. The van der Waals surface area contributed by atoms with E-state index in [4.69, 9.17) is 11.6 Å². The van der Waals surface area contributed by atoms with Crippen molar-refractivity contribution >= 4 is 34.8 Å². The number of hydrogen-bond acceptors (Lipinski definition) is 5. The van der Waals surface area contributed by atoms with E-state index < -0.39 is 0 Å². The van der Waals surface area contributed by atoms with E-state index in [1.165, 1.54) is 6.92 Å². The Hall–Kier alpha value is -3.25. The Morgan fingerprint density at radius 1 is 1.00 bits per heavy atom. The summed E-state index contributed by atoms with van der Waals surface area (Å²) in [5.74, 6) is 0.195. The van der Waals surface area contributed by atoms with Crippen molar-refractivity contribution in [1.82, 2.24) is 10.2 Å². The summed E-state index contributed by atoms with van der Waals surface area (Å²) in [5.41, 5.74) is 2.50. The lowest BCUT2D eigenvalue weighted by atomic mass is 10.1. The minimum Gasteiger partial charge on any atom is -0.368 e. The number of halogens is 1. The third-order valence-electron chi connectivity index (χ3n) is 4.06. The molecule has 0 aliphatic rings. The van der Waals surface area contributed by atoms with E-state index in [1.807, 2.05) is 24.3 Å². The third-order valence-corrected chi connectivity index (χ3v) is 4.29. The predicted molar refractivity (Wildman–Crippen MR) is 110 cm³/mol. The Bertz CT molecular complexity index is 972. The van der Waals surface area contributed by atoms with Crippen molar-refractivity contribution in [2.24, 2.45) is 0 Å². The molecule has 142 valence electrons. The highest BCUT2D eigenvalue weighted by atomic mass is 35.5. The fourth-order valence-corrected chi connectivity index (χ4v) is 2.77. The van der Waals surface area contributed by atoms with Crippen LogP contribution in [0.15, 0.2) is 60.7 Å². The van der Waals surface area contributed by atoms with E-state index in [-0.39, 0.29) is 17.4 Å². The van der Waals surface area contributed by atoms with Crippen LogP contribution >= 0.6 is 11.6 Å². The smallest absolute Gasteiger partial charge is 0.276 e. The maximum atomic E-state index is 12.3. The second-order valence-electron chi connectivity index (χ2n) is 6.20. The van der Waals surface area contributed by atoms with Crippen molar-refractivity contribution in [3.8, 4) is 0 Å². The number of hydrogen-bond donors (Lipinski definition) is 2. The molecule has 1 heterocycles. The zero-order valence-electron chi connectivity index (χ0n) is 15.3. The highest BCUT2D eigenvalue weighted by Gasteiger charge is 2.09. The molecule has 0 bridgehead atoms. The van der Waals surface area contributed by atoms with Gasteiger partial charge in [-0.15, -0.1) is 10.2 Å². The topological polar surface area (TPSA) is 84.0 Å². The van der Waals surface area contributed by atoms with Gasteiger partial charge in [0.15, 0.2) is 11.5 Å². The van der Waals surface area contributed by atoms with Crippen LogP contribution in [0.25, 0.3) is 0 Å². The van der Waals surface area contributed by atoms with Crippen LogP contribution in [0.4, 0.5) is 11.5 Å². The van der Waals surface area contributed by atoms with Gasteiger partial charge < -0.3 is 10.6 Å². The monoisotopic (exact) mass is 394 g/mol. The highest BCUT2D eigenvalue weighted by Crippen LogP contribution is 2.13. The highest BCUT2D eigenvalue weighted by molar-refractivity contribution is 6.30. The van der Waals surface area contributed by atoms with Gasteiger partial charge in [-0.3, -0.25) is 9.59 Å². The van der Waals surface area contributed by atoms with E-state index in [0.29, 0.717) is 28.6 Å². The van der Waals surface area contributed by atoms with Crippen LogP contribution in [-0.4, -0.2) is 28.4 Å². The Morgan fingerprint density at radius 2 is 1.79 bits per heavy atom. The summed E-state index contributed by atoms with van der Waals surface area (Å²) in [4.78, 5) is 23.5. The van der Waals surface area contributed by atoms with Gasteiger partial charge in [0, 0.05) is 22.8 Å². The molecule has 0 radical (unpaired) electrons. The number of rotatable bonds is 7. The summed E-state index contributed by atoms with van der Waals surface area (Å²) < 4.78 is 0. The predicted octanol–water partition coefficient (Wildman–Crippen LogP) is 4.24. The lowest BCUT2D eigenvalue weighted by Crippen LogP contribution is -2.15. The largest absolute Gasteiger partial charge is 0.368 e. The maximum absolute atomic E-state index is 12.3. The van der Waals surface area contributed by atoms with E-state index in [2.05, 4.69) is 20.8 Å². The molecule has 0 spiro atoms. The number of aromatic nitrogens is 2. The molecule has 28 heavy (non-hydrogen) atoms. The van der Waals surface area contributed by atoms with Crippen LogP contribution in [-0.2, 0) is 6.42 Å². The Labute approximate surface area is 168 Å². The van der Waals surface area contributed by atoms with Gasteiger partial charge in [-0.05, 0) is 67.4 Å². The minimum absolute atomic E-state index is 0.0257. The van der Waals surface area contributed by atoms with E-state index in [9.17, 15) is 9.59 Å². The molecule has 7 heteroatoms. The SMILES string of the molecule is CC(=O)c1ccc(NC(=O)c2ccc(NCCc3cccc(Cl)c3)nn2)cc1. The molecular weight excluding hydrogens is 376 g/mol. The summed E-state index contributed by atoms with van der Waals surface area (Å²) in [7, 11) is 0. The van der Waals surface area contributed by atoms with Gasteiger partial charge in [0.25, 0.3) is 5.91 Å². The summed E-state index contributed by atoms with van der Waals surface area (Å²) in [5, 5.41) is 14.6. The standard InChI is InChI=1S/C21H19ClN4O2/c1-14(27)16-5-7-18(8-6-16)24-21(28)19-9-10-20(26-25-19)23-12-11-15-3-2-4-17(22)13-15/h2-10,13H,11-12H2,1H3,(H,23,26)(H,24,28). The van der Waals surface area contributed by atoms with Crippen LogP contribution in [0.2, 0.25) is 5.02 Å². The summed E-state index contributed by atoms with van der Waals surface area (Å²) in [6.45, 7) is 2.16. The molecule has 0 unspecified atom stereocenters. The van der Waals surface area contributed by atoms with Crippen LogP contribution in [0.1, 0.15) is 33.3 Å². The molecule has 0 aliphatic heterocycles. The molecule has 0 atom stereocenters. The van der Waals surface area contributed by atoms with Crippen molar-refractivity contribution in [2.75, 3.05) is 17.2 Å². The van der Waals surface area contributed by atoms with Gasteiger partial charge in [-0.25, -0.2) is 0 Å². The quantitative estimate of drug-likeness (QED) is 0.585. The van der Waals surface area contributed by atoms with E-state index in [1.54, 1.807) is 36.4 Å². The zero-order valence-corrected chi connectivity index (χ0v) is 16.0. The lowest BCUT2D eigenvalue weighted by Gasteiger charge is -2.07. The molecule has 3 rings (SSSR count). The first kappa shape index (κ1) is 19.5. The number of benzene rings is 2. The Balaban J connectivity index is 1.53. The summed E-state index contributed by atoms with van der Waals surface area (Å²) >= 11 is 5.97. The van der Waals surface area contributed by atoms with Crippen molar-refractivity contribution in [3.63, 3.8) is 0 Å². The minimum atomic E-state index is -0.367. The number of carbonyl (C=O) groups excluding carboxylic acids is 2. The van der Waals surface area contributed by atoms with Crippen molar-refractivity contribution in [1.29, 1.82) is 0 Å². The molecule has 6 nitrogen and oxygen atoms in total. The molecule has 2 aromatic carbocycles. The first-order valence-electron chi connectivity index (χ1n) is 8.75. The number of carbonyl (C=O) groups is 2. The van der Waals surface area contributed by atoms with Gasteiger partial charge in [-0.1, -0.05) is 23.7 Å². The van der Waals surface area contributed by atoms with Gasteiger partial charge in [-0.2, -0.15) is 0 Å². The number of amides is 1. The molecule has 1 amide bonds. The average Bonchev–Trinajstić information content (AvgIpc) is 2.69. The number of Topliss-reactive ketones (excluding diaryl/α,β-unsaturated/α-hetero) is 1. The first-order valence-corrected chi connectivity index (χ1v) is 9.13. The Morgan fingerprint density at radius 3 is 2.43 bits per heavy atom. The summed E-state index contributed by atoms with van der Waals surface area (Å²) in [6.07, 6.45) is 0.792. The average molecular weight is 395 g/mol. The first-order chi connectivity index (χ1) is 13.5. The van der Waals surface area contributed by atoms with Crippen molar-refractivity contribution in [2.45, 2.75) is 13.3 Å². The normalized spacial score (nSPS) is 10.4. The maximum Gasteiger partial charge on any atom is 0.276 e. The number of anilines is 2. The molecular formula is C21H19ClN4O2. The zero-order chi connectivity index (χ0) is 19.9. The fraction of sp³-hybridized carbons (Fsp3) is 0.143. The van der Waals surface area contributed by atoms with Gasteiger partial charge in [0.1, 0.15) is 5.82 Å². The molecule has 0 aliphatic carbocycles. The van der Waals surface area contributed by atoms with Crippen molar-refractivity contribution < 1.29 is 9.59 Å².